The van der Waals surface area contributed by atoms with Gasteiger partial charge in [-0.15, -0.1) is 0 Å². The molecule has 1 aliphatic heterocycles. The lowest BCUT2D eigenvalue weighted by atomic mass is 10.1. The highest BCUT2D eigenvalue weighted by atomic mass is 16.2. The minimum atomic E-state index is -0.204. The molecule has 2 aromatic rings. The van der Waals surface area contributed by atoms with E-state index in [0.29, 0.717) is 5.69 Å². The maximum Gasteiger partial charge on any atom is 0.244 e. The number of hydrogen-bond acceptors (Lipinski definition) is 3. The van der Waals surface area contributed by atoms with Crippen LogP contribution in [0.3, 0.4) is 0 Å². The van der Waals surface area contributed by atoms with Gasteiger partial charge in [-0.1, -0.05) is 18.2 Å². The van der Waals surface area contributed by atoms with Crippen LogP contribution in [-0.2, 0) is 9.59 Å². The summed E-state index contributed by atoms with van der Waals surface area (Å²) in [6.07, 6.45) is 2.63. The minimum Gasteiger partial charge on any atom is -0.325 e. The normalized spacial score (nSPS) is 18.4. The van der Waals surface area contributed by atoms with Crippen LogP contribution in [0.1, 0.15) is 30.4 Å². The molecule has 1 atom stereocenters. The largest absolute Gasteiger partial charge is 0.325 e. The zero-order valence-corrected chi connectivity index (χ0v) is 15.7. The van der Waals surface area contributed by atoms with E-state index in [0.717, 1.165) is 47.5 Å². The van der Waals surface area contributed by atoms with Gasteiger partial charge in [0.2, 0.25) is 11.8 Å². The van der Waals surface area contributed by atoms with Gasteiger partial charge in [-0.2, -0.15) is 0 Å². The molecule has 1 N–H and O–H groups in total. The van der Waals surface area contributed by atoms with Crippen LogP contribution < -0.4 is 10.2 Å². The second-order valence-corrected chi connectivity index (χ2v) is 7.39. The first kappa shape index (κ1) is 17.5. The maximum atomic E-state index is 13.2. The van der Waals surface area contributed by atoms with E-state index in [1.807, 2.05) is 50.2 Å². The van der Waals surface area contributed by atoms with Crippen molar-refractivity contribution in [1.29, 1.82) is 0 Å². The Bertz CT molecular complexity index is 928. The second kappa shape index (κ2) is 6.99. The van der Waals surface area contributed by atoms with Gasteiger partial charge in [0.1, 0.15) is 6.54 Å². The molecule has 138 valence electrons. The van der Waals surface area contributed by atoms with Crippen molar-refractivity contribution in [2.75, 3.05) is 16.8 Å². The fourth-order valence-corrected chi connectivity index (χ4v) is 4.03. The lowest BCUT2D eigenvalue weighted by Gasteiger charge is -2.24. The Balaban J connectivity index is 1.60. The minimum absolute atomic E-state index is 0.0118. The van der Waals surface area contributed by atoms with Crippen LogP contribution in [0.25, 0.3) is 0 Å². The number of para-hydroxylation sites is 2. The molecule has 0 spiro atoms. The fourth-order valence-electron chi connectivity index (χ4n) is 4.03. The van der Waals surface area contributed by atoms with E-state index < -0.39 is 0 Å². The number of nitrogens with zero attached hydrogens (tertiary/aromatic N) is 2. The number of hydrogen-bond donors (Lipinski definition) is 1. The van der Waals surface area contributed by atoms with Crippen molar-refractivity contribution in [3.63, 3.8) is 0 Å². The number of carbonyl (C=O) groups excluding carboxylic acids is 2. The third kappa shape index (κ3) is 3.50. The first-order valence-corrected chi connectivity index (χ1v) is 9.37. The summed E-state index contributed by atoms with van der Waals surface area (Å²) in [6, 6.07) is 13.5. The standard InChI is InChI=1S/C22H23N3O2/c1-14-10-15(2)12-16(11-14)23-21(26)13-25-20-9-4-3-7-19(20)24-18-8-5-6-17(18)22(25)27/h3-4,7,9-12,17H,5-6,8,13H2,1-2H3,(H,23,26). The van der Waals surface area contributed by atoms with Crippen molar-refractivity contribution < 1.29 is 9.59 Å². The van der Waals surface area contributed by atoms with Crippen LogP contribution in [0.5, 0.6) is 0 Å². The SMILES string of the molecule is Cc1cc(C)cc(NC(=O)CN2C(=O)C3CCCC3=Nc3ccccc32)c1. The monoisotopic (exact) mass is 361 g/mol. The predicted molar refractivity (Wildman–Crippen MR) is 108 cm³/mol. The molecule has 0 aromatic heterocycles. The number of aryl methyl sites for hydroxylation is 2. The second-order valence-electron chi connectivity index (χ2n) is 7.39. The van der Waals surface area contributed by atoms with Gasteiger partial charge in [-0.05, 0) is 68.5 Å². The van der Waals surface area contributed by atoms with Crippen molar-refractivity contribution in [3.05, 3.63) is 53.6 Å². The quantitative estimate of drug-likeness (QED) is 0.892. The third-order valence-corrected chi connectivity index (χ3v) is 5.14. The highest BCUT2D eigenvalue weighted by Gasteiger charge is 2.37. The number of rotatable bonds is 3. The van der Waals surface area contributed by atoms with E-state index in [-0.39, 0.29) is 24.3 Å². The van der Waals surface area contributed by atoms with E-state index >= 15 is 0 Å². The highest BCUT2D eigenvalue weighted by Crippen LogP contribution is 2.37. The van der Waals surface area contributed by atoms with Crippen molar-refractivity contribution in [3.8, 4) is 0 Å². The number of amides is 2. The Labute approximate surface area is 159 Å². The van der Waals surface area contributed by atoms with Gasteiger partial charge in [0.05, 0.1) is 17.3 Å². The number of nitrogens with one attached hydrogen (secondary N) is 1. The van der Waals surface area contributed by atoms with Crippen LogP contribution in [-0.4, -0.2) is 24.1 Å². The van der Waals surface area contributed by atoms with E-state index in [9.17, 15) is 9.59 Å². The van der Waals surface area contributed by atoms with Gasteiger partial charge in [-0.25, -0.2) is 0 Å². The molecule has 5 nitrogen and oxygen atoms in total. The molecule has 1 fully saturated rings. The van der Waals surface area contributed by atoms with Gasteiger partial charge in [-0.3, -0.25) is 14.6 Å². The molecule has 1 aliphatic carbocycles. The number of anilines is 2. The number of carbonyl (C=O) groups is 2. The maximum absolute atomic E-state index is 13.2. The van der Waals surface area contributed by atoms with Crippen LogP contribution in [0.2, 0.25) is 0 Å². The van der Waals surface area contributed by atoms with Gasteiger partial charge < -0.3 is 10.2 Å². The van der Waals surface area contributed by atoms with E-state index in [1.165, 1.54) is 0 Å². The van der Waals surface area contributed by atoms with Gasteiger partial charge >= 0.3 is 0 Å². The molecule has 1 heterocycles. The number of aliphatic imine (C=N–C) groups is 1. The summed E-state index contributed by atoms with van der Waals surface area (Å²) in [5, 5.41) is 2.93. The smallest absolute Gasteiger partial charge is 0.244 e. The van der Waals surface area contributed by atoms with Gasteiger partial charge in [0, 0.05) is 11.4 Å². The molecule has 4 rings (SSSR count). The molecule has 1 saturated carbocycles. The summed E-state index contributed by atoms with van der Waals surface area (Å²) in [4.78, 5) is 32.2. The van der Waals surface area contributed by atoms with Gasteiger partial charge in [0.15, 0.2) is 0 Å². The predicted octanol–water partition coefficient (Wildman–Crippen LogP) is 4.16. The summed E-state index contributed by atoms with van der Waals surface area (Å²) in [5.74, 6) is -0.428. The number of fused-ring (bicyclic) bond motifs is 2. The first-order valence-electron chi connectivity index (χ1n) is 9.37. The van der Waals surface area contributed by atoms with Crippen LogP contribution in [0.4, 0.5) is 17.1 Å². The van der Waals surface area contributed by atoms with Crippen molar-refractivity contribution >= 4 is 34.6 Å². The third-order valence-electron chi connectivity index (χ3n) is 5.14. The molecule has 2 aromatic carbocycles. The molecule has 5 heteroatoms. The highest BCUT2D eigenvalue weighted by molar-refractivity contribution is 6.16. The summed E-state index contributed by atoms with van der Waals surface area (Å²) in [6.45, 7) is 3.98. The Morgan fingerprint density at radius 2 is 1.93 bits per heavy atom. The average Bonchev–Trinajstić information content (AvgIpc) is 3.03. The molecule has 27 heavy (non-hydrogen) atoms. The zero-order chi connectivity index (χ0) is 19.0. The lowest BCUT2D eigenvalue weighted by molar-refractivity contribution is -0.122. The molecular formula is C22H23N3O2. The first-order chi connectivity index (χ1) is 13.0. The van der Waals surface area contributed by atoms with E-state index in [4.69, 9.17) is 4.99 Å². The molecule has 0 radical (unpaired) electrons. The summed E-state index contributed by atoms with van der Waals surface area (Å²) in [7, 11) is 0. The molecule has 0 saturated heterocycles. The van der Waals surface area contributed by atoms with Gasteiger partial charge in [0.25, 0.3) is 0 Å². The fraction of sp³-hybridized carbons (Fsp3) is 0.318. The van der Waals surface area contributed by atoms with Crippen LogP contribution in [0, 0.1) is 19.8 Å². The summed E-state index contributed by atoms with van der Waals surface area (Å²) in [5.41, 5.74) is 5.36. The molecular weight excluding hydrogens is 338 g/mol. The van der Waals surface area contributed by atoms with Crippen molar-refractivity contribution in [2.45, 2.75) is 33.1 Å². The molecule has 0 bridgehead atoms. The van der Waals surface area contributed by atoms with Crippen LogP contribution in [0.15, 0.2) is 47.5 Å². The Morgan fingerprint density at radius 1 is 1.19 bits per heavy atom. The summed E-state index contributed by atoms with van der Waals surface area (Å²) < 4.78 is 0. The van der Waals surface area contributed by atoms with E-state index in [1.54, 1.807) is 4.90 Å². The molecule has 2 aliphatic rings. The lowest BCUT2D eigenvalue weighted by Crippen LogP contribution is -2.41. The molecule has 2 amide bonds. The summed E-state index contributed by atoms with van der Waals surface area (Å²) >= 11 is 0. The zero-order valence-electron chi connectivity index (χ0n) is 15.7. The topological polar surface area (TPSA) is 61.8 Å². The van der Waals surface area contributed by atoms with Crippen molar-refractivity contribution in [1.82, 2.24) is 0 Å². The Hall–Kier alpha value is -2.95. The van der Waals surface area contributed by atoms with E-state index in [2.05, 4.69) is 11.4 Å². The Kier molecular flexibility index (Phi) is 4.52. The van der Waals surface area contributed by atoms with Crippen molar-refractivity contribution in [2.24, 2.45) is 10.9 Å². The Morgan fingerprint density at radius 3 is 2.70 bits per heavy atom. The molecule has 1 unspecified atom stereocenters. The average molecular weight is 361 g/mol. The van der Waals surface area contributed by atoms with Crippen LogP contribution >= 0.6 is 0 Å². The number of benzene rings is 2.